The van der Waals surface area contributed by atoms with Crippen LogP contribution in [0.2, 0.25) is 0 Å². The maximum absolute atomic E-state index is 5.43. The van der Waals surface area contributed by atoms with Crippen LogP contribution in [-0.2, 0) is 6.54 Å². The van der Waals surface area contributed by atoms with Crippen molar-refractivity contribution in [2.75, 3.05) is 31.1 Å². The third kappa shape index (κ3) is 3.69. The van der Waals surface area contributed by atoms with E-state index in [-0.39, 0.29) is 0 Å². The molecule has 0 radical (unpaired) electrons. The molecule has 1 aromatic carbocycles. The van der Waals surface area contributed by atoms with Gasteiger partial charge in [-0.1, -0.05) is 41.1 Å². The van der Waals surface area contributed by atoms with Gasteiger partial charge in [0.15, 0.2) is 0 Å². The standard InChI is InChI=1S/C19H21N5O/c1-15-5-7-16(8-6-15)19-21-18(25-22-19)14-23-10-12-24(13-11-23)17-4-2-3-9-20-17/h2-9H,10-14H2,1H3. The molecule has 1 fully saturated rings. The highest BCUT2D eigenvalue weighted by Gasteiger charge is 2.20. The van der Waals surface area contributed by atoms with Gasteiger partial charge in [0.25, 0.3) is 0 Å². The third-order valence-electron chi connectivity index (χ3n) is 4.48. The van der Waals surface area contributed by atoms with Crippen LogP contribution in [0.25, 0.3) is 11.4 Å². The topological polar surface area (TPSA) is 58.3 Å². The highest BCUT2D eigenvalue weighted by Crippen LogP contribution is 2.18. The first-order valence-corrected chi connectivity index (χ1v) is 8.56. The lowest BCUT2D eigenvalue weighted by molar-refractivity contribution is 0.215. The van der Waals surface area contributed by atoms with Gasteiger partial charge in [0.2, 0.25) is 11.7 Å². The van der Waals surface area contributed by atoms with Crippen LogP contribution in [0.15, 0.2) is 53.2 Å². The maximum Gasteiger partial charge on any atom is 0.241 e. The molecule has 25 heavy (non-hydrogen) atoms. The van der Waals surface area contributed by atoms with E-state index in [1.807, 2.05) is 30.5 Å². The van der Waals surface area contributed by atoms with E-state index in [0.29, 0.717) is 18.3 Å². The molecule has 1 saturated heterocycles. The Balaban J connectivity index is 1.35. The molecule has 3 heterocycles. The van der Waals surface area contributed by atoms with Gasteiger partial charge >= 0.3 is 0 Å². The fourth-order valence-electron chi connectivity index (χ4n) is 3.01. The van der Waals surface area contributed by atoms with E-state index < -0.39 is 0 Å². The fourth-order valence-corrected chi connectivity index (χ4v) is 3.01. The zero-order valence-electron chi connectivity index (χ0n) is 14.3. The van der Waals surface area contributed by atoms with Gasteiger partial charge in [-0.15, -0.1) is 0 Å². The molecule has 0 spiro atoms. The van der Waals surface area contributed by atoms with Gasteiger partial charge in [-0.25, -0.2) is 4.98 Å². The van der Waals surface area contributed by atoms with Crippen molar-refractivity contribution < 1.29 is 4.52 Å². The van der Waals surface area contributed by atoms with Gasteiger partial charge < -0.3 is 9.42 Å². The molecule has 4 rings (SSSR count). The number of hydrogen-bond donors (Lipinski definition) is 0. The van der Waals surface area contributed by atoms with Crippen molar-refractivity contribution in [3.8, 4) is 11.4 Å². The summed E-state index contributed by atoms with van der Waals surface area (Å²) in [6.45, 7) is 6.58. The molecular formula is C19H21N5O. The summed E-state index contributed by atoms with van der Waals surface area (Å²) in [5, 5.41) is 4.11. The molecule has 0 saturated carbocycles. The lowest BCUT2D eigenvalue weighted by Crippen LogP contribution is -2.46. The Kier molecular flexibility index (Phi) is 4.43. The molecule has 0 N–H and O–H groups in total. The van der Waals surface area contributed by atoms with Crippen LogP contribution < -0.4 is 4.90 Å². The van der Waals surface area contributed by atoms with Crippen LogP contribution in [0.3, 0.4) is 0 Å². The third-order valence-corrected chi connectivity index (χ3v) is 4.48. The summed E-state index contributed by atoms with van der Waals surface area (Å²) in [6.07, 6.45) is 1.84. The van der Waals surface area contributed by atoms with Crippen LogP contribution in [0.1, 0.15) is 11.5 Å². The average molecular weight is 335 g/mol. The number of piperazine rings is 1. The van der Waals surface area contributed by atoms with Crippen molar-refractivity contribution in [3.63, 3.8) is 0 Å². The number of nitrogens with zero attached hydrogens (tertiary/aromatic N) is 5. The summed E-state index contributed by atoms with van der Waals surface area (Å²) in [5.41, 5.74) is 2.21. The highest BCUT2D eigenvalue weighted by molar-refractivity contribution is 5.54. The van der Waals surface area contributed by atoms with Gasteiger partial charge in [0, 0.05) is 37.9 Å². The van der Waals surface area contributed by atoms with Crippen LogP contribution in [0.4, 0.5) is 5.82 Å². The van der Waals surface area contributed by atoms with Crippen LogP contribution >= 0.6 is 0 Å². The molecule has 0 aliphatic carbocycles. The Hall–Kier alpha value is -2.73. The molecule has 0 atom stereocenters. The molecule has 3 aromatic rings. The predicted molar refractivity (Wildman–Crippen MR) is 96.2 cm³/mol. The normalized spacial score (nSPS) is 15.5. The second kappa shape index (κ2) is 7.03. The van der Waals surface area contributed by atoms with Gasteiger partial charge in [0.05, 0.1) is 6.54 Å². The summed E-state index contributed by atoms with van der Waals surface area (Å²) < 4.78 is 5.43. The first kappa shape index (κ1) is 15.8. The molecule has 0 unspecified atom stereocenters. The summed E-state index contributed by atoms with van der Waals surface area (Å²) in [7, 11) is 0. The summed E-state index contributed by atoms with van der Waals surface area (Å²) >= 11 is 0. The predicted octanol–water partition coefficient (Wildman–Crippen LogP) is 2.76. The van der Waals surface area contributed by atoms with Crippen LogP contribution in [0, 0.1) is 6.92 Å². The van der Waals surface area contributed by atoms with Crippen molar-refractivity contribution in [3.05, 3.63) is 60.1 Å². The number of hydrogen-bond acceptors (Lipinski definition) is 6. The van der Waals surface area contributed by atoms with Crippen molar-refractivity contribution in [1.82, 2.24) is 20.0 Å². The van der Waals surface area contributed by atoms with E-state index >= 15 is 0 Å². The highest BCUT2D eigenvalue weighted by atomic mass is 16.5. The molecule has 2 aromatic heterocycles. The van der Waals surface area contributed by atoms with Crippen molar-refractivity contribution in [2.45, 2.75) is 13.5 Å². The van der Waals surface area contributed by atoms with Gasteiger partial charge in [0.1, 0.15) is 5.82 Å². The van der Waals surface area contributed by atoms with Crippen molar-refractivity contribution in [1.29, 1.82) is 0 Å². The first-order valence-electron chi connectivity index (χ1n) is 8.56. The molecule has 1 aliphatic heterocycles. The second-order valence-corrected chi connectivity index (χ2v) is 6.33. The molecular weight excluding hydrogens is 314 g/mol. The number of benzene rings is 1. The number of aromatic nitrogens is 3. The van der Waals surface area contributed by atoms with Gasteiger partial charge in [-0.3, -0.25) is 4.90 Å². The largest absolute Gasteiger partial charge is 0.354 e. The second-order valence-electron chi connectivity index (χ2n) is 6.33. The molecule has 6 heteroatoms. The molecule has 0 amide bonds. The number of pyridine rings is 1. The zero-order chi connectivity index (χ0) is 17.1. The summed E-state index contributed by atoms with van der Waals surface area (Å²) in [4.78, 5) is 13.6. The quantitative estimate of drug-likeness (QED) is 0.731. The monoisotopic (exact) mass is 335 g/mol. The Morgan fingerprint density at radius 2 is 1.80 bits per heavy atom. The van der Waals surface area contributed by atoms with E-state index in [1.54, 1.807) is 0 Å². The molecule has 6 nitrogen and oxygen atoms in total. The van der Waals surface area contributed by atoms with Gasteiger partial charge in [-0.05, 0) is 19.1 Å². The van der Waals surface area contributed by atoms with Crippen LogP contribution in [-0.4, -0.2) is 46.2 Å². The average Bonchev–Trinajstić information content (AvgIpc) is 3.12. The zero-order valence-corrected chi connectivity index (χ0v) is 14.3. The van der Waals surface area contributed by atoms with Gasteiger partial charge in [-0.2, -0.15) is 4.98 Å². The number of anilines is 1. The first-order chi connectivity index (χ1) is 12.3. The summed E-state index contributed by atoms with van der Waals surface area (Å²) in [6, 6.07) is 14.2. The number of rotatable bonds is 4. The molecule has 128 valence electrons. The lowest BCUT2D eigenvalue weighted by atomic mass is 10.1. The Morgan fingerprint density at radius 1 is 1.00 bits per heavy atom. The lowest BCUT2D eigenvalue weighted by Gasteiger charge is -2.34. The van der Waals surface area contributed by atoms with Crippen LogP contribution in [0.5, 0.6) is 0 Å². The number of aryl methyl sites for hydroxylation is 1. The summed E-state index contributed by atoms with van der Waals surface area (Å²) in [5.74, 6) is 2.37. The minimum Gasteiger partial charge on any atom is -0.354 e. The SMILES string of the molecule is Cc1ccc(-c2noc(CN3CCN(c4ccccn4)CC3)n2)cc1. The molecule has 1 aliphatic rings. The van der Waals surface area contributed by atoms with Crippen molar-refractivity contribution >= 4 is 5.82 Å². The minimum atomic E-state index is 0.655. The van der Waals surface area contributed by atoms with E-state index in [2.05, 4.69) is 50.0 Å². The van der Waals surface area contributed by atoms with Crippen molar-refractivity contribution in [2.24, 2.45) is 0 Å². The van der Waals surface area contributed by atoms with E-state index in [4.69, 9.17) is 4.52 Å². The molecule has 0 bridgehead atoms. The smallest absolute Gasteiger partial charge is 0.241 e. The minimum absolute atomic E-state index is 0.655. The Labute approximate surface area is 147 Å². The van der Waals surface area contributed by atoms with E-state index in [1.165, 1.54) is 5.56 Å². The van der Waals surface area contributed by atoms with E-state index in [9.17, 15) is 0 Å². The maximum atomic E-state index is 5.43. The Morgan fingerprint density at radius 3 is 2.52 bits per heavy atom. The fraction of sp³-hybridized carbons (Fsp3) is 0.316. The Bertz CT molecular complexity index is 807. The van der Waals surface area contributed by atoms with E-state index in [0.717, 1.165) is 37.6 Å².